The van der Waals surface area contributed by atoms with Crippen LogP contribution in [0.1, 0.15) is 37.8 Å². The predicted molar refractivity (Wildman–Crippen MR) is 104 cm³/mol. The van der Waals surface area contributed by atoms with Crippen LogP contribution >= 0.6 is 11.6 Å². The van der Waals surface area contributed by atoms with Crippen LogP contribution in [0, 0.1) is 11.3 Å². The summed E-state index contributed by atoms with van der Waals surface area (Å²) < 4.78 is 14.9. The fraction of sp³-hybridized carbons (Fsp3) is 0.571. The molecule has 27 heavy (non-hydrogen) atoms. The summed E-state index contributed by atoms with van der Waals surface area (Å²) in [6.45, 7) is 8.19. The van der Waals surface area contributed by atoms with Gasteiger partial charge in [0.25, 0.3) is 0 Å². The lowest BCUT2D eigenvalue weighted by atomic mass is 9.64. The van der Waals surface area contributed by atoms with Crippen molar-refractivity contribution in [2.75, 3.05) is 19.7 Å². The molecule has 5 rings (SSSR count). The van der Waals surface area contributed by atoms with Gasteiger partial charge in [-0.15, -0.1) is 0 Å². The first kappa shape index (κ1) is 17.5. The van der Waals surface area contributed by atoms with E-state index in [1.807, 2.05) is 30.6 Å². The van der Waals surface area contributed by atoms with E-state index in [1.165, 1.54) is 0 Å². The Morgan fingerprint density at radius 1 is 1.30 bits per heavy atom. The van der Waals surface area contributed by atoms with Gasteiger partial charge in [-0.2, -0.15) is 0 Å². The Morgan fingerprint density at radius 2 is 2.11 bits per heavy atom. The van der Waals surface area contributed by atoms with E-state index in [2.05, 4.69) is 35.3 Å². The second-order valence-electron chi connectivity index (χ2n) is 9.03. The number of likely N-dealkylation sites (tertiary alicyclic amines) is 1. The molecule has 2 aromatic rings. The van der Waals surface area contributed by atoms with Crippen LogP contribution in [0.15, 0.2) is 30.6 Å². The molecule has 3 aliphatic heterocycles. The SMILES string of the molecule is Cn1ccnc1CN1CC2(CO[C@@H]3c4cc(Cl)ccc4OC(C)(C)[C@H]3C2)C1. The summed E-state index contributed by atoms with van der Waals surface area (Å²) in [6, 6.07) is 5.87. The fourth-order valence-corrected chi connectivity index (χ4v) is 5.29. The largest absolute Gasteiger partial charge is 0.487 e. The molecule has 2 saturated heterocycles. The molecule has 4 heterocycles. The molecule has 1 aromatic heterocycles. The number of ether oxygens (including phenoxy) is 2. The lowest BCUT2D eigenvalue weighted by Crippen LogP contribution is -2.63. The molecule has 5 nitrogen and oxygen atoms in total. The monoisotopic (exact) mass is 387 g/mol. The Bertz CT molecular complexity index is 872. The highest BCUT2D eigenvalue weighted by molar-refractivity contribution is 6.30. The number of rotatable bonds is 2. The van der Waals surface area contributed by atoms with Crippen LogP contribution in [0.4, 0.5) is 0 Å². The second kappa shape index (κ2) is 5.97. The van der Waals surface area contributed by atoms with Gasteiger partial charge in [0.15, 0.2) is 0 Å². The number of aromatic nitrogens is 2. The van der Waals surface area contributed by atoms with Crippen LogP contribution in [0.25, 0.3) is 0 Å². The summed E-state index contributed by atoms with van der Waals surface area (Å²) >= 11 is 6.25. The molecule has 1 spiro atoms. The molecule has 0 unspecified atom stereocenters. The van der Waals surface area contributed by atoms with Gasteiger partial charge >= 0.3 is 0 Å². The van der Waals surface area contributed by atoms with Crippen LogP contribution in [-0.2, 0) is 18.3 Å². The lowest BCUT2D eigenvalue weighted by molar-refractivity contribution is -0.200. The summed E-state index contributed by atoms with van der Waals surface area (Å²) in [6.07, 6.45) is 5.05. The molecule has 0 radical (unpaired) electrons. The van der Waals surface area contributed by atoms with Crippen molar-refractivity contribution in [3.05, 3.63) is 47.0 Å². The van der Waals surface area contributed by atoms with Crippen LogP contribution in [-0.4, -0.2) is 39.7 Å². The van der Waals surface area contributed by atoms with E-state index in [0.29, 0.717) is 5.92 Å². The van der Waals surface area contributed by atoms with Gasteiger partial charge in [0.1, 0.15) is 17.2 Å². The smallest absolute Gasteiger partial charge is 0.126 e. The maximum absolute atomic E-state index is 6.48. The first-order valence-corrected chi connectivity index (χ1v) is 10.0. The van der Waals surface area contributed by atoms with E-state index >= 15 is 0 Å². The Labute approximate surface area is 165 Å². The van der Waals surface area contributed by atoms with Gasteiger partial charge in [-0.25, -0.2) is 4.98 Å². The van der Waals surface area contributed by atoms with E-state index in [4.69, 9.17) is 21.1 Å². The van der Waals surface area contributed by atoms with Crippen molar-refractivity contribution >= 4 is 11.6 Å². The predicted octanol–water partition coefficient (Wildman–Crippen LogP) is 3.82. The summed E-state index contributed by atoms with van der Waals surface area (Å²) in [5.74, 6) is 2.35. The van der Waals surface area contributed by atoms with Gasteiger partial charge in [0.05, 0.1) is 19.3 Å². The minimum absolute atomic E-state index is 0.0664. The summed E-state index contributed by atoms with van der Waals surface area (Å²) in [5.41, 5.74) is 1.08. The molecule has 0 aliphatic carbocycles. The van der Waals surface area contributed by atoms with Gasteiger partial charge in [0.2, 0.25) is 0 Å². The Kier molecular flexibility index (Phi) is 3.87. The number of benzene rings is 1. The molecule has 0 saturated carbocycles. The topological polar surface area (TPSA) is 39.5 Å². The van der Waals surface area contributed by atoms with Gasteiger partial charge in [-0.05, 0) is 38.5 Å². The summed E-state index contributed by atoms with van der Waals surface area (Å²) in [4.78, 5) is 6.92. The van der Waals surface area contributed by atoms with Crippen LogP contribution in [0.3, 0.4) is 0 Å². The number of imidazole rings is 1. The molecule has 0 N–H and O–H groups in total. The number of fused-ring (bicyclic) bond motifs is 3. The molecule has 1 aromatic carbocycles. The highest BCUT2D eigenvalue weighted by Gasteiger charge is 2.55. The number of hydrogen-bond donors (Lipinski definition) is 0. The quantitative estimate of drug-likeness (QED) is 0.785. The molecule has 144 valence electrons. The zero-order chi connectivity index (χ0) is 18.8. The average Bonchev–Trinajstić information content (AvgIpc) is 2.99. The van der Waals surface area contributed by atoms with Crippen LogP contribution < -0.4 is 4.74 Å². The molecule has 2 fully saturated rings. The van der Waals surface area contributed by atoms with E-state index < -0.39 is 0 Å². The van der Waals surface area contributed by atoms with E-state index in [-0.39, 0.29) is 17.1 Å². The van der Waals surface area contributed by atoms with Crippen molar-refractivity contribution in [3.8, 4) is 5.75 Å². The Hall–Kier alpha value is -1.56. The van der Waals surface area contributed by atoms with Gasteiger partial charge < -0.3 is 14.0 Å². The van der Waals surface area contributed by atoms with Crippen LogP contribution in [0.2, 0.25) is 5.02 Å². The first-order chi connectivity index (χ1) is 12.9. The van der Waals surface area contributed by atoms with Gasteiger partial charge in [0, 0.05) is 54.4 Å². The van der Waals surface area contributed by atoms with Crippen LogP contribution in [0.5, 0.6) is 5.75 Å². The third kappa shape index (κ3) is 2.87. The Morgan fingerprint density at radius 3 is 2.85 bits per heavy atom. The summed E-state index contributed by atoms with van der Waals surface area (Å²) in [5, 5.41) is 0.740. The van der Waals surface area contributed by atoms with E-state index in [1.54, 1.807) is 0 Å². The molecular weight excluding hydrogens is 362 g/mol. The first-order valence-electron chi connectivity index (χ1n) is 9.64. The third-order valence-electron chi connectivity index (χ3n) is 6.54. The number of aryl methyl sites for hydroxylation is 1. The number of halogens is 1. The van der Waals surface area contributed by atoms with Crippen molar-refractivity contribution in [2.24, 2.45) is 18.4 Å². The van der Waals surface area contributed by atoms with Crippen molar-refractivity contribution in [1.29, 1.82) is 0 Å². The fourth-order valence-electron chi connectivity index (χ4n) is 5.11. The molecule has 6 heteroatoms. The molecule has 0 amide bonds. The van der Waals surface area contributed by atoms with Gasteiger partial charge in [-0.1, -0.05) is 11.6 Å². The number of hydrogen-bond acceptors (Lipinski definition) is 4. The van der Waals surface area contributed by atoms with Crippen molar-refractivity contribution in [2.45, 2.75) is 38.5 Å². The number of nitrogens with zero attached hydrogens (tertiary/aromatic N) is 3. The average molecular weight is 388 g/mol. The van der Waals surface area contributed by atoms with Crippen molar-refractivity contribution < 1.29 is 9.47 Å². The molecular formula is C21H26ClN3O2. The maximum atomic E-state index is 6.48. The third-order valence-corrected chi connectivity index (χ3v) is 6.77. The second-order valence-corrected chi connectivity index (χ2v) is 9.47. The molecule has 2 atom stereocenters. The van der Waals surface area contributed by atoms with E-state index in [9.17, 15) is 0 Å². The molecule has 0 bridgehead atoms. The standard InChI is InChI=1S/C21H26ClN3O2/c1-20(2)16-9-21(11-25(12-21)10-18-23-6-7-24(18)3)13-26-19(16)15-8-14(22)4-5-17(15)27-20/h4-8,16,19H,9-13H2,1-3H3/t16-,19+/m0/s1. The zero-order valence-corrected chi connectivity index (χ0v) is 16.9. The van der Waals surface area contributed by atoms with Crippen molar-refractivity contribution in [3.63, 3.8) is 0 Å². The zero-order valence-electron chi connectivity index (χ0n) is 16.1. The minimum Gasteiger partial charge on any atom is -0.487 e. The molecule has 3 aliphatic rings. The minimum atomic E-state index is -0.251. The summed E-state index contributed by atoms with van der Waals surface area (Å²) in [7, 11) is 2.05. The highest BCUT2D eigenvalue weighted by Crippen LogP contribution is 2.55. The van der Waals surface area contributed by atoms with Crippen molar-refractivity contribution in [1.82, 2.24) is 14.5 Å². The Balaban J connectivity index is 1.33. The normalized spacial score (nSPS) is 28.1. The lowest BCUT2D eigenvalue weighted by Gasteiger charge is -2.58. The van der Waals surface area contributed by atoms with E-state index in [0.717, 1.165) is 54.8 Å². The maximum Gasteiger partial charge on any atom is 0.126 e. The van der Waals surface area contributed by atoms with Gasteiger partial charge in [-0.3, -0.25) is 4.90 Å². The highest BCUT2D eigenvalue weighted by atomic mass is 35.5.